The maximum Gasteiger partial charge on any atom is 0.348 e. The molecule has 3 N–H and O–H groups in total. The fraction of sp³-hybridized carbons (Fsp3) is 0.426. The molecule has 0 bridgehead atoms. The van der Waals surface area contributed by atoms with Crippen LogP contribution in [-0.2, 0) is 72.7 Å². The average molecular weight is 1330 g/mol. The monoisotopic (exact) mass is 1330 g/mol. The van der Waals surface area contributed by atoms with Gasteiger partial charge >= 0.3 is 35.0 Å². The second kappa shape index (κ2) is 36.2. The summed E-state index contributed by atoms with van der Waals surface area (Å²) in [5, 5.41) is 30.3. The number of nitrogens with zero attached hydrogens (tertiary/aromatic N) is 6. The second-order valence-corrected chi connectivity index (χ2v) is 23.7. The van der Waals surface area contributed by atoms with Gasteiger partial charge in [-0.1, -0.05) is 128 Å². The van der Waals surface area contributed by atoms with Crippen LogP contribution < -0.4 is 33.7 Å². The Hall–Kier alpha value is -8.13. The SMILES string of the molecule is C.C.C.C.C.CCOC(=O)c1sc2c(c1C)c(=O)n(CC(C)O)c(=O)n2CCc1ccccc1.CCOC(=O)c1sc2c(c1C)c(=O)n(C[C@@H](C)O)c(=O)n2CCc1ccccc1.CCOC(=O)c1sc2c(c1C)c(=O)n(C[C@H](C)O)c(=O)n2CCc1ccccc1. The zero-order chi connectivity index (χ0) is 63.4. The number of aryl methyl sites for hydroxylation is 9. The quantitative estimate of drug-likeness (QED) is 0.0446. The van der Waals surface area contributed by atoms with Gasteiger partial charge in [0.05, 0.1) is 73.9 Å². The molecule has 1 unspecified atom stereocenters. The summed E-state index contributed by atoms with van der Waals surface area (Å²) in [5.41, 5.74) is 1.72. The van der Waals surface area contributed by atoms with Crippen molar-refractivity contribution in [3.8, 4) is 0 Å². The average Bonchev–Trinajstić information content (AvgIpc) is 1.57. The van der Waals surface area contributed by atoms with E-state index in [0.29, 0.717) is 101 Å². The molecule has 502 valence electrons. The molecule has 0 saturated heterocycles. The minimum atomic E-state index is -0.858. The van der Waals surface area contributed by atoms with E-state index in [1.54, 1.807) is 41.5 Å². The fourth-order valence-corrected chi connectivity index (χ4v) is 13.5. The number of ether oxygens (including phenoxy) is 3. The van der Waals surface area contributed by atoms with Crippen LogP contribution in [0.1, 0.15) is 141 Å². The van der Waals surface area contributed by atoms with E-state index < -0.39 is 70.0 Å². The second-order valence-electron chi connectivity index (χ2n) is 20.7. The molecule has 6 aromatic heterocycles. The van der Waals surface area contributed by atoms with E-state index in [-0.39, 0.29) is 76.6 Å². The maximum atomic E-state index is 13.1. The third-order valence-electron chi connectivity index (χ3n) is 14.0. The van der Waals surface area contributed by atoms with Gasteiger partial charge in [-0.15, -0.1) is 34.0 Å². The van der Waals surface area contributed by atoms with Crippen molar-refractivity contribution in [1.29, 1.82) is 0 Å². The zero-order valence-electron chi connectivity index (χ0n) is 50.0. The van der Waals surface area contributed by atoms with E-state index in [0.717, 1.165) is 64.4 Å². The number of carbonyl (C=O) groups is 3. The summed E-state index contributed by atoms with van der Waals surface area (Å²) in [6.07, 6.45) is -0.797. The van der Waals surface area contributed by atoms with Crippen molar-refractivity contribution < 1.29 is 43.9 Å². The Labute approximate surface area is 548 Å². The molecular formula is C68H92N6O15S3. The minimum absolute atomic E-state index is 0. The molecule has 9 aromatic rings. The molecule has 6 heterocycles. The summed E-state index contributed by atoms with van der Waals surface area (Å²) in [4.78, 5) is 118. The molecule has 0 amide bonds. The number of carbonyl (C=O) groups excluding carboxylic acids is 3. The van der Waals surface area contributed by atoms with Crippen LogP contribution in [0.2, 0.25) is 0 Å². The number of aliphatic hydroxyl groups is 3. The lowest BCUT2D eigenvalue weighted by molar-refractivity contribution is 0.0521. The number of esters is 3. The van der Waals surface area contributed by atoms with Crippen molar-refractivity contribution in [2.75, 3.05) is 19.8 Å². The largest absolute Gasteiger partial charge is 0.462 e. The normalized spacial score (nSPS) is 11.6. The number of fused-ring (bicyclic) bond motifs is 3. The first-order valence-electron chi connectivity index (χ1n) is 28.5. The molecule has 0 aliphatic carbocycles. The lowest BCUT2D eigenvalue weighted by Gasteiger charge is -2.13. The Balaban J connectivity index is 0.000000458. The topological polar surface area (TPSA) is 272 Å². The number of hydrogen-bond acceptors (Lipinski definition) is 18. The van der Waals surface area contributed by atoms with Crippen molar-refractivity contribution in [2.24, 2.45) is 0 Å². The molecule has 3 atom stereocenters. The van der Waals surface area contributed by atoms with Crippen LogP contribution in [0.4, 0.5) is 0 Å². The van der Waals surface area contributed by atoms with Crippen LogP contribution in [0.25, 0.3) is 30.6 Å². The summed E-state index contributed by atoms with van der Waals surface area (Å²) < 4.78 is 23.0. The number of rotatable bonds is 21. The van der Waals surface area contributed by atoms with Gasteiger partial charge in [0.2, 0.25) is 0 Å². The van der Waals surface area contributed by atoms with E-state index in [4.69, 9.17) is 14.2 Å². The summed E-state index contributed by atoms with van der Waals surface area (Å²) in [7, 11) is 0. The predicted octanol–water partition coefficient (Wildman–Crippen LogP) is 10.2. The number of aromatic nitrogens is 6. The Morgan fingerprint density at radius 2 is 0.609 bits per heavy atom. The predicted molar refractivity (Wildman–Crippen MR) is 372 cm³/mol. The van der Waals surface area contributed by atoms with Crippen LogP contribution >= 0.6 is 34.0 Å². The zero-order valence-corrected chi connectivity index (χ0v) is 52.5. The minimum Gasteiger partial charge on any atom is -0.462 e. The van der Waals surface area contributed by atoms with Gasteiger partial charge in [-0.3, -0.25) is 41.8 Å². The van der Waals surface area contributed by atoms with Gasteiger partial charge in [0.25, 0.3) is 16.7 Å². The first-order valence-corrected chi connectivity index (χ1v) is 31.0. The summed E-state index contributed by atoms with van der Waals surface area (Å²) in [6.45, 7) is 16.2. The summed E-state index contributed by atoms with van der Waals surface area (Å²) >= 11 is 3.31. The van der Waals surface area contributed by atoms with Crippen molar-refractivity contribution in [1.82, 2.24) is 27.4 Å². The molecule has 3 aromatic carbocycles. The molecule has 0 fully saturated rings. The Bertz CT molecular complexity index is 3860. The number of hydrogen-bond donors (Lipinski definition) is 3. The first kappa shape index (κ1) is 80.0. The highest BCUT2D eigenvalue weighted by Crippen LogP contribution is 2.31. The van der Waals surface area contributed by atoms with Crippen molar-refractivity contribution >= 4 is 82.6 Å². The molecule has 92 heavy (non-hydrogen) atoms. The van der Waals surface area contributed by atoms with Crippen LogP contribution in [0, 0.1) is 20.8 Å². The number of aliphatic hydroxyl groups excluding tert-OH is 3. The Kier molecular flexibility index (Phi) is 31.5. The van der Waals surface area contributed by atoms with Crippen molar-refractivity contribution in [3.63, 3.8) is 0 Å². The van der Waals surface area contributed by atoms with Crippen LogP contribution in [0.5, 0.6) is 0 Å². The smallest absolute Gasteiger partial charge is 0.348 e. The molecule has 0 aliphatic rings. The molecule has 0 saturated carbocycles. The molecule has 0 spiro atoms. The first-order chi connectivity index (χ1) is 41.5. The van der Waals surface area contributed by atoms with Gasteiger partial charge in [-0.05, 0) is 115 Å². The lowest BCUT2D eigenvalue weighted by Crippen LogP contribution is -2.42. The van der Waals surface area contributed by atoms with Gasteiger partial charge in [-0.25, -0.2) is 28.8 Å². The highest BCUT2D eigenvalue weighted by atomic mass is 32.1. The number of benzene rings is 3. The van der Waals surface area contributed by atoms with Gasteiger partial charge < -0.3 is 29.5 Å². The third kappa shape index (κ3) is 18.1. The van der Waals surface area contributed by atoms with Gasteiger partial charge in [-0.2, -0.15) is 0 Å². The van der Waals surface area contributed by atoms with Crippen LogP contribution in [0.15, 0.2) is 120 Å². The van der Waals surface area contributed by atoms with E-state index in [1.165, 1.54) is 34.5 Å². The van der Waals surface area contributed by atoms with Gasteiger partial charge in [0.15, 0.2) is 0 Å². The molecule has 24 heteroatoms. The molecule has 0 aliphatic heterocycles. The fourth-order valence-electron chi connectivity index (χ4n) is 9.88. The maximum absolute atomic E-state index is 13.1. The molecular weight excluding hydrogens is 1240 g/mol. The molecule has 9 rings (SSSR count). The summed E-state index contributed by atoms with van der Waals surface area (Å²) in [6, 6.07) is 29.1. The Morgan fingerprint density at radius 3 is 0.804 bits per heavy atom. The van der Waals surface area contributed by atoms with E-state index in [2.05, 4.69) is 0 Å². The van der Waals surface area contributed by atoms with Crippen LogP contribution in [-0.4, -0.2) is 98.8 Å². The van der Waals surface area contributed by atoms with E-state index in [9.17, 15) is 58.5 Å². The van der Waals surface area contributed by atoms with E-state index >= 15 is 0 Å². The third-order valence-corrected chi connectivity index (χ3v) is 17.9. The Morgan fingerprint density at radius 1 is 0.391 bits per heavy atom. The highest BCUT2D eigenvalue weighted by Gasteiger charge is 2.28. The standard InChI is InChI=1S/3C21H24N2O5S.5CH4/c3*1-4-28-20(26)17-14(3)16-18(25)23(12-13(2)24)21(27)22(19(16)29-17)11-10-15-8-6-5-7-9-15;;;;;/h3*5-9,13,24H,4,10-12H2,1-3H3;5*1H4/t2*13-;;;;;;/m10....../s1. The van der Waals surface area contributed by atoms with Gasteiger partial charge in [0.1, 0.15) is 29.1 Å². The van der Waals surface area contributed by atoms with Crippen molar-refractivity contribution in [2.45, 2.75) is 176 Å². The van der Waals surface area contributed by atoms with E-state index in [1.807, 2.05) is 91.0 Å². The highest BCUT2D eigenvalue weighted by molar-refractivity contribution is 7.21. The summed E-state index contributed by atoms with van der Waals surface area (Å²) in [5.74, 6) is -1.51. The molecule has 0 radical (unpaired) electrons. The van der Waals surface area contributed by atoms with Crippen molar-refractivity contribution in [3.05, 3.63) is 202 Å². The van der Waals surface area contributed by atoms with Gasteiger partial charge in [0, 0.05) is 19.6 Å². The lowest BCUT2D eigenvalue weighted by atomic mass is 10.1. The molecule has 21 nitrogen and oxygen atoms in total. The number of thiophene rings is 3. The van der Waals surface area contributed by atoms with Crippen LogP contribution in [0.3, 0.4) is 0 Å².